The molecule has 1 aromatic rings. The summed E-state index contributed by atoms with van der Waals surface area (Å²) < 4.78 is 12.4. The van der Waals surface area contributed by atoms with Crippen molar-refractivity contribution in [2.45, 2.75) is 50.4 Å². The van der Waals surface area contributed by atoms with E-state index in [1.807, 2.05) is 18.5 Å². The minimum Gasteiger partial charge on any atom is -0.374 e. The largest absolute Gasteiger partial charge is 0.374 e. The second-order valence-corrected chi connectivity index (χ2v) is 7.88. The molecule has 1 aromatic heterocycles. The molecule has 0 amide bonds. The maximum absolute atomic E-state index is 6.24. The number of pyridine rings is 1. The van der Waals surface area contributed by atoms with E-state index >= 15 is 0 Å². The fourth-order valence-corrected chi connectivity index (χ4v) is 4.48. The van der Waals surface area contributed by atoms with Crippen LogP contribution in [-0.4, -0.2) is 72.4 Å². The van der Waals surface area contributed by atoms with E-state index in [9.17, 15) is 0 Å². The zero-order valence-electron chi connectivity index (χ0n) is 15.2. The van der Waals surface area contributed by atoms with Crippen molar-refractivity contribution in [3.63, 3.8) is 0 Å². The van der Waals surface area contributed by atoms with E-state index in [0.717, 1.165) is 58.7 Å². The second-order valence-electron chi connectivity index (χ2n) is 7.88. The Kier molecular flexibility index (Phi) is 5.66. The molecule has 0 aromatic carbocycles. The molecular weight excluding hydrogens is 314 g/mol. The number of likely N-dealkylation sites (tertiary alicyclic amines) is 2. The van der Waals surface area contributed by atoms with Crippen LogP contribution in [-0.2, 0) is 16.0 Å². The molecule has 0 aliphatic carbocycles. The van der Waals surface area contributed by atoms with E-state index in [-0.39, 0.29) is 5.60 Å². The van der Waals surface area contributed by atoms with E-state index in [0.29, 0.717) is 6.10 Å². The van der Waals surface area contributed by atoms with Gasteiger partial charge in [0.15, 0.2) is 0 Å². The summed E-state index contributed by atoms with van der Waals surface area (Å²) in [5, 5.41) is 0. The summed E-state index contributed by atoms with van der Waals surface area (Å²) >= 11 is 0. The van der Waals surface area contributed by atoms with Crippen molar-refractivity contribution < 1.29 is 9.47 Å². The summed E-state index contributed by atoms with van der Waals surface area (Å²) in [6.07, 6.45) is 10.1. The summed E-state index contributed by atoms with van der Waals surface area (Å²) in [4.78, 5) is 9.25. The van der Waals surface area contributed by atoms with Crippen LogP contribution >= 0.6 is 0 Å². The first kappa shape index (κ1) is 17.4. The van der Waals surface area contributed by atoms with Crippen molar-refractivity contribution in [2.75, 3.05) is 45.9 Å². The molecule has 138 valence electrons. The Morgan fingerprint density at radius 3 is 2.76 bits per heavy atom. The molecule has 1 atom stereocenters. The number of piperidine rings is 1. The van der Waals surface area contributed by atoms with Crippen LogP contribution in [0.5, 0.6) is 0 Å². The Labute approximate surface area is 151 Å². The predicted molar refractivity (Wildman–Crippen MR) is 97.5 cm³/mol. The third kappa shape index (κ3) is 4.59. The molecule has 3 saturated heterocycles. The fourth-order valence-electron chi connectivity index (χ4n) is 4.48. The van der Waals surface area contributed by atoms with E-state index in [1.54, 1.807) is 0 Å². The lowest BCUT2D eigenvalue weighted by Crippen LogP contribution is -2.44. The molecule has 4 heterocycles. The first-order valence-electron chi connectivity index (χ1n) is 9.91. The third-order valence-corrected chi connectivity index (χ3v) is 6.03. The molecule has 0 saturated carbocycles. The maximum Gasteiger partial charge on any atom is 0.0836 e. The molecule has 0 radical (unpaired) electrons. The Bertz CT molecular complexity index is 525. The van der Waals surface area contributed by atoms with Crippen LogP contribution < -0.4 is 0 Å². The standard InChI is InChI=1S/C20H31N3O2/c1-2-9-22(8-1)12-13-24-19-14-20(25-17-19)5-10-23(11-6-20)16-18-4-3-7-21-15-18/h3-4,7,15,19H,1-2,5-6,8-14,16-17H2/t19-/m0/s1. The molecule has 0 bridgehead atoms. The predicted octanol–water partition coefficient (Wildman–Crippen LogP) is 2.32. The van der Waals surface area contributed by atoms with Gasteiger partial charge in [-0.3, -0.25) is 9.88 Å². The highest BCUT2D eigenvalue weighted by molar-refractivity contribution is 5.08. The highest BCUT2D eigenvalue weighted by Gasteiger charge is 2.43. The summed E-state index contributed by atoms with van der Waals surface area (Å²) in [6, 6.07) is 4.18. The monoisotopic (exact) mass is 345 g/mol. The Hall–Kier alpha value is -1.01. The van der Waals surface area contributed by atoms with Crippen LogP contribution in [0.3, 0.4) is 0 Å². The topological polar surface area (TPSA) is 37.8 Å². The molecular formula is C20H31N3O2. The smallest absolute Gasteiger partial charge is 0.0836 e. The SMILES string of the molecule is c1cncc(CN2CCC3(CC2)C[C@H](OCCN2CCCC2)CO3)c1. The molecule has 5 nitrogen and oxygen atoms in total. The molecule has 25 heavy (non-hydrogen) atoms. The lowest BCUT2D eigenvalue weighted by atomic mass is 9.88. The van der Waals surface area contributed by atoms with E-state index in [2.05, 4.69) is 20.9 Å². The Morgan fingerprint density at radius 2 is 2.00 bits per heavy atom. The quantitative estimate of drug-likeness (QED) is 0.791. The van der Waals surface area contributed by atoms with Crippen molar-refractivity contribution in [3.05, 3.63) is 30.1 Å². The van der Waals surface area contributed by atoms with Crippen LogP contribution in [0.1, 0.15) is 37.7 Å². The zero-order chi connectivity index (χ0) is 17.0. The van der Waals surface area contributed by atoms with Gasteiger partial charge in [-0.25, -0.2) is 0 Å². The van der Waals surface area contributed by atoms with Crippen molar-refractivity contribution >= 4 is 0 Å². The summed E-state index contributed by atoms with van der Waals surface area (Å²) in [6.45, 7) is 8.44. The maximum atomic E-state index is 6.24. The van der Waals surface area contributed by atoms with E-state index < -0.39 is 0 Å². The van der Waals surface area contributed by atoms with Gasteiger partial charge in [0.2, 0.25) is 0 Å². The number of aromatic nitrogens is 1. The molecule has 3 fully saturated rings. The van der Waals surface area contributed by atoms with Gasteiger partial charge in [0.05, 0.1) is 24.9 Å². The van der Waals surface area contributed by atoms with Crippen molar-refractivity contribution in [1.29, 1.82) is 0 Å². The molecule has 4 rings (SSSR count). The molecule has 0 unspecified atom stereocenters. The molecule has 5 heteroatoms. The average molecular weight is 345 g/mol. The van der Waals surface area contributed by atoms with Gasteiger partial charge < -0.3 is 14.4 Å². The van der Waals surface area contributed by atoms with Crippen LogP contribution in [0.2, 0.25) is 0 Å². The summed E-state index contributed by atoms with van der Waals surface area (Å²) in [5.74, 6) is 0. The Morgan fingerprint density at radius 1 is 1.16 bits per heavy atom. The van der Waals surface area contributed by atoms with Gasteiger partial charge in [-0.05, 0) is 50.4 Å². The van der Waals surface area contributed by atoms with Gasteiger partial charge in [0, 0.05) is 45.0 Å². The number of rotatable bonds is 6. The van der Waals surface area contributed by atoms with Crippen molar-refractivity contribution in [3.8, 4) is 0 Å². The molecule has 0 N–H and O–H groups in total. The summed E-state index contributed by atoms with van der Waals surface area (Å²) in [5.41, 5.74) is 1.37. The lowest BCUT2D eigenvalue weighted by Gasteiger charge is -2.38. The highest BCUT2D eigenvalue weighted by atomic mass is 16.6. The van der Waals surface area contributed by atoms with Crippen LogP contribution in [0.15, 0.2) is 24.5 Å². The average Bonchev–Trinajstić information content (AvgIpc) is 3.29. The van der Waals surface area contributed by atoms with E-state index in [4.69, 9.17) is 9.47 Å². The molecule has 3 aliphatic heterocycles. The van der Waals surface area contributed by atoms with E-state index in [1.165, 1.54) is 31.5 Å². The van der Waals surface area contributed by atoms with Gasteiger partial charge in [0.1, 0.15) is 0 Å². The number of hydrogen-bond donors (Lipinski definition) is 0. The number of ether oxygens (including phenoxy) is 2. The number of nitrogens with zero attached hydrogens (tertiary/aromatic N) is 3. The van der Waals surface area contributed by atoms with Gasteiger partial charge in [-0.15, -0.1) is 0 Å². The van der Waals surface area contributed by atoms with Crippen molar-refractivity contribution in [1.82, 2.24) is 14.8 Å². The highest BCUT2D eigenvalue weighted by Crippen LogP contribution is 2.37. The van der Waals surface area contributed by atoms with Crippen molar-refractivity contribution in [2.24, 2.45) is 0 Å². The first-order chi connectivity index (χ1) is 12.3. The Balaban J connectivity index is 1.18. The minimum atomic E-state index is 0.0732. The second kappa shape index (κ2) is 8.12. The van der Waals surface area contributed by atoms with Gasteiger partial charge in [-0.1, -0.05) is 6.07 Å². The number of hydrogen-bond acceptors (Lipinski definition) is 5. The molecule has 3 aliphatic rings. The fraction of sp³-hybridized carbons (Fsp3) is 0.750. The van der Waals surface area contributed by atoms with Gasteiger partial charge >= 0.3 is 0 Å². The minimum absolute atomic E-state index is 0.0732. The zero-order valence-corrected chi connectivity index (χ0v) is 15.2. The van der Waals surface area contributed by atoms with Crippen LogP contribution in [0.4, 0.5) is 0 Å². The normalized spacial score (nSPS) is 27.3. The summed E-state index contributed by atoms with van der Waals surface area (Å²) in [7, 11) is 0. The van der Waals surface area contributed by atoms with Gasteiger partial charge in [-0.2, -0.15) is 0 Å². The van der Waals surface area contributed by atoms with Crippen LogP contribution in [0.25, 0.3) is 0 Å². The third-order valence-electron chi connectivity index (χ3n) is 6.03. The van der Waals surface area contributed by atoms with Crippen LogP contribution in [0, 0.1) is 0 Å². The first-order valence-corrected chi connectivity index (χ1v) is 9.91. The molecule has 1 spiro atoms. The lowest BCUT2D eigenvalue weighted by molar-refractivity contribution is -0.0467. The van der Waals surface area contributed by atoms with Gasteiger partial charge in [0.25, 0.3) is 0 Å².